The minimum atomic E-state index is 0.0162. The van der Waals surface area contributed by atoms with Crippen molar-refractivity contribution in [3.8, 4) is 11.5 Å². The van der Waals surface area contributed by atoms with Crippen molar-refractivity contribution in [2.24, 2.45) is 4.99 Å². The molecule has 7 heteroatoms. The predicted molar refractivity (Wildman–Crippen MR) is 128 cm³/mol. The minimum absolute atomic E-state index is 0.0162. The van der Waals surface area contributed by atoms with E-state index in [0.717, 1.165) is 61.4 Å². The molecule has 1 aliphatic heterocycles. The molecule has 0 unspecified atom stereocenters. The third-order valence-corrected chi connectivity index (χ3v) is 5.70. The lowest BCUT2D eigenvalue weighted by Crippen LogP contribution is -2.56. The van der Waals surface area contributed by atoms with E-state index >= 15 is 0 Å². The fourth-order valence-corrected chi connectivity index (χ4v) is 3.66. The van der Waals surface area contributed by atoms with Crippen LogP contribution < -0.4 is 20.1 Å². The number of guanidine groups is 1. The summed E-state index contributed by atoms with van der Waals surface area (Å²) in [7, 11) is 3.45. The van der Waals surface area contributed by atoms with E-state index in [1.54, 1.807) is 14.2 Å². The Balaban J connectivity index is 1.52. The SMILES string of the molecule is CN=C(NCc1ccc(OCc2ccccc2)c(OC)c1)NCC(C)(C)N1CCOCC1. The Hall–Kier alpha value is -2.77. The molecule has 7 nitrogen and oxygen atoms in total. The third kappa shape index (κ3) is 6.87. The lowest BCUT2D eigenvalue weighted by Gasteiger charge is -2.41. The molecular weight excluding hydrogens is 404 g/mol. The van der Waals surface area contributed by atoms with Crippen LogP contribution in [0.4, 0.5) is 0 Å². The first-order valence-corrected chi connectivity index (χ1v) is 11.1. The van der Waals surface area contributed by atoms with Gasteiger partial charge >= 0.3 is 0 Å². The van der Waals surface area contributed by atoms with Crippen molar-refractivity contribution in [3.63, 3.8) is 0 Å². The highest BCUT2D eigenvalue weighted by Crippen LogP contribution is 2.28. The summed E-state index contributed by atoms with van der Waals surface area (Å²) in [6.07, 6.45) is 0. The predicted octanol–water partition coefficient (Wildman–Crippen LogP) is 3.05. The van der Waals surface area contributed by atoms with Crippen LogP contribution in [0.15, 0.2) is 53.5 Å². The first-order chi connectivity index (χ1) is 15.5. The van der Waals surface area contributed by atoms with Gasteiger partial charge in [-0.25, -0.2) is 0 Å². The maximum Gasteiger partial charge on any atom is 0.191 e. The van der Waals surface area contributed by atoms with Gasteiger partial charge in [-0.3, -0.25) is 9.89 Å². The van der Waals surface area contributed by atoms with E-state index in [2.05, 4.69) is 34.4 Å². The molecule has 2 aromatic carbocycles. The Bertz CT molecular complexity index is 865. The molecule has 1 aliphatic rings. The molecule has 2 N–H and O–H groups in total. The summed E-state index contributed by atoms with van der Waals surface area (Å²) in [5.41, 5.74) is 2.22. The molecule has 0 bridgehead atoms. The summed E-state index contributed by atoms with van der Waals surface area (Å²) in [4.78, 5) is 6.82. The maximum absolute atomic E-state index is 5.95. The Morgan fingerprint density at radius 2 is 1.78 bits per heavy atom. The third-order valence-electron chi connectivity index (χ3n) is 5.70. The summed E-state index contributed by atoms with van der Waals surface area (Å²) >= 11 is 0. The van der Waals surface area contributed by atoms with Gasteiger partial charge in [0.25, 0.3) is 0 Å². The normalized spacial score (nSPS) is 15.3. The number of hydrogen-bond acceptors (Lipinski definition) is 5. The molecule has 1 saturated heterocycles. The Labute approximate surface area is 191 Å². The highest BCUT2D eigenvalue weighted by molar-refractivity contribution is 5.79. The van der Waals surface area contributed by atoms with Gasteiger partial charge in [0.15, 0.2) is 17.5 Å². The van der Waals surface area contributed by atoms with Crippen molar-refractivity contribution in [3.05, 3.63) is 59.7 Å². The number of aliphatic imine (C=N–C) groups is 1. The second-order valence-electron chi connectivity index (χ2n) is 8.45. The van der Waals surface area contributed by atoms with Crippen molar-refractivity contribution in [2.75, 3.05) is 47.0 Å². The van der Waals surface area contributed by atoms with E-state index in [0.29, 0.717) is 13.2 Å². The van der Waals surface area contributed by atoms with Crippen LogP contribution in [0.2, 0.25) is 0 Å². The molecule has 1 heterocycles. The molecule has 2 aromatic rings. The smallest absolute Gasteiger partial charge is 0.191 e. The van der Waals surface area contributed by atoms with Gasteiger partial charge in [0, 0.05) is 38.8 Å². The summed E-state index contributed by atoms with van der Waals surface area (Å²) in [6, 6.07) is 16.1. The Morgan fingerprint density at radius 1 is 1.03 bits per heavy atom. The lowest BCUT2D eigenvalue weighted by molar-refractivity contribution is -0.00834. The van der Waals surface area contributed by atoms with Gasteiger partial charge in [0.2, 0.25) is 0 Å². The van der Waals surface area contributed by atoms with E-state index in [1.165, 1.54) is 0 Å². The fourth-order valence-electron chi connectivity index (χ4n) is 3.66. The number of nitrogens with zero attached hydrogens (tertiary/aromatic N) is 2. The zero-order valence-electron chi connectivity index (χ0n) is 19.7. The van der Waals surface area contributed by atoms with Gasteiger partial charge in [0.05, 0.1) is 20.3 Å². The van der Waals surface area contributed by atoms with E-state index in [4.69, 9.17) is 14.2 Å². The van der Waals surface area contributed by atoms with Crippen LogP contribution in [-0.2, 0) is 17.9 Å². The average molecular weight is 441 g/mol. The number of ether oxygens (including phenoxy) is 3. The lowest BCUT2D eigenvalue weighted by atomic mass is 10.0. The number of morpholine rings is 1. The number of rotatable bonds is 9. The minimum Gasteiger partial charge on any atom is -0.493 e. The van der Waals surface area contributed by atoms with Crippen LogP contribution in [0, 0.1) is 0 Å². The number of hydrogen-bond donors (Lipinski definition) is 2. The quantitative estimate of drug-likeness (QED) is 0.462. The number of benzene rings is 2. The van der Waals surface area contributed by atoms with Crippen molar-refractivity contribution in [1.82, 2.24) is 15.5 Å². The largest absolute Gasteiger partial charge is 0.493 e. The molecule has 0 atom stereocenters. The molecule has 32 heavy (non-hydrogen) atoms. The van der Waals surface area contributed by atoms with Crippen LogP contribution in [0.3, 0.4) is 0 Å². The summed E-state index contributed by atoms with van der Waals surface area (Å²) in [5, 5.41) is 6.85. The molecule has 3 rings (SSSR count). The molecule has 174 valence electrons. The van der Waals surface area contributed by atoms with E-state index < -0.39 is 0 Å². The summed E-state index contributed by atoms with van der Waals surface area (Å²) in [6.45, 7) is 9.93. The highest BCUT2D eigenvalue weighted by Gasteiger charge is 2.28. The van der Waals surface area contributed by atoms with Crippen LogP contribution in [-0.4, -0.2) is 63.4 Å². The molecule has 0 saturated carbocycles. The average Bonchev–Trinajstić information content (AvgIpc) is 2.84. The molecule has 0 aliphatic carbocycles. The van der Waals surface area contributed by atoms with Gasteiger partial charge in [-0.15, -0.1) is 0 Å². The standard InChI is InChI=1S/C25H36N4O3/c1-25(2,29-12-14-31-15-13-29)19-28-24(26-3)27-17-21-10-11-22(23(16-21)30-4)32-18-20-8-6-5-7-9-20/h5-11,16H,12-15,17-19H2,1-4H3,(H2,26,27,28). The summed E-state index contributed by atoms with van der Waals surface area (Å²) < 4.78 is 17.0. The van der Waals surface area contributed by atoms with Crippen molar-refractivity contribution >= 4 is 5.96 Å². The van der Waals surface area contributed by atoms with Crippen LogP contribution >= 0.6 is 0 Å². The second kappa shape index (κ2) is 11.7. The number of nitrogens with one attached hydrogen (secondary N) is 2. The molecule has 0 aromatic heterocycles. The topological polar surface area (TPSA) is 67.4 Å². The zero-order chi connectivity index (χ0) is 22.8. The molecular formula is C25H36N4O3. The molecule has 0 spiro atoms. The van der Waals surface area contributed by atoms with Gasteiger partial charge in [-0.1, -0.05) is 36.4 Å². The first-order valence-electron chi connectivity index (χ1n) is 11.1. The Kier molecular flexibility index (Phi) is 8.76. The van der Waals surface area contributed by atoms with Gasteiger partial charge < -0.3 is 24.8 Å². The van der Waals surface area contributed by atoms with Crippen molar-refractivity contribution in [2.45, 2.75) is 32.5 Å². The van der Waals surface area contributed by atoms with Gasteiger partial charge in [-0.05, 0) is 37.1 Å². The molecule has 0 radical (unpaired) electrons. The van der Waals surface area contributed by atoms with Crippen LogP contribution in [0.5, 0.6) is 11.5 Å². The second-order valence-corrected chi connectivity index (χ2v) is 8.45. The zero-order valence-corrected chi connectivity index (χ0v) is 19.7. The fraction of sp³-hybridized carbons (Fsp3) is 0.480. The Morgan fingerprint density at radius 3 is 2.47 bits per heavy atom. The van der Waals surface area contributed by atoms with E-state index in [9.17, 15) is 0 Å². The first kappa shape index (κ1) is 23.9. The van der Waals surface area contributed by atoms with Crippen molar-refractivity contribution < 1.29 is 14.2 Å². The number of methoxy groups -OCH3 is 1. The van der Waals surface area contributed by atoms with Gasteiger partial charge in [-0.2, -0.15) is 0 Å². The molecule has 1 fully saturated rings. The van der Waals surface area contributed by atoms with Gasteiger partial charge in [0.1, 0.15) is 6.61 Å². The molecule has 0 amide bonds. The maximum atomic E-state index is 5.95. The van der Waals surface area contributed by atoms with Crippen molar-refractivity contribution in [1.29, 1.82) is 0 Å². The summed E-state index contributed by atoms with van der Waals surface area (Å²) in [5.74, 6) is 2.22. The highest BCUT2D eigenvalue weighted by atomic mass is 16.5. The monoisotopic (exact) mass is 440 g/mol. The van der Waals surface area contributed by atoms with E-state index in [-0.39, 0.29) is 5.54 Å². The van der Waals surface area contributed by atoms with E-state index in [1.807, 2.05) is 48.5 Å². The van der Waals surface area contributed by atoms with Crippen LogP contribution in [0.1, 0.15) is 25.0 Å². The van der Waals surface area contributed by atoms with Crippen LogP contribution in [0.25, 0.3) is 0 Å².